The summed E-state index contributed by atoms with van der Waals surface area (Å²) in [6.45, 7) is 7.25. The minimum absolute atomic E-state index is 0.0522. The van der Waals surface area contributed by atoms with Crippen molar-refractivity contribution in [2.75, 3.05) is 12.4 Å². The Morgan fingerprint density at radius 3 is 2.42 bits per heavy atom. The SMILES string of the molecule is CCOC(=O)C(C)NC(=O)C(O)C(N)[C@@H](C)SCC. The highest BCUT2D eigenvalue weighted by Gasteiger charge is 2.29. The first-order valence-corrected chi connectivity index (χ1v) is 7.42. The van der Waals surface area contributed by atoms with Crippen LogP contribution in [0, 0.1) is 0 Å². The van der Waals surface area contributed by atoms with E-state index in [1.54, 1.807) is 18.7 Å². The maximum Gasteiger partial charge on any atom is 0.328 e. The second-order valence-electron chi connectivity index (χ2n) is 4.16. The molecule has 0 aromatic heterocycles. The lowest BCUT2D eigenvalue weighted by Gasteiger charge is -2.24. The van der Waals surface area contributed by atoms with Crippen LogP contribution in [0.4, 0.5) is 0 Å². The number of carbonyl (C=O) groups is 2. The molecule has 0 heterocycles. The monoisotopic (exact) mass is 292 g/mol. The van der Waals surface area contributed by atoms with E-state index in [2.05, 4.69) is 5.32 Å². The Kier molecular flexibility index (Phi) is 8.79. The third kappa shape index (κ3) is 6.26. The molecule has 0 aliphatic heterocycles. The Morgan fingerprint density at radius 1 is 1.37 bits per heavy atom. The lowest BCUT2D eigenvalue weighted by atomic mass is 10.1. The second-order valence-corrected chi connectivity index (χ2v) is 5.82. The highest BCUT2D eigenvalue weighted by atomic mass is 32.2. The summed E-state index contributed by atoms with van der Waals surface area (Å²) in [6.07, 6.45) is -1.34. The Hall–Kier alpha value is -0.790. The van der Waals surface area contributed by atoms with Gasteiger partial charge in [-0.3, -0.25) is 4.79 Å². The first kappa shape index (κ1) is 18.2. The summed E-state index contributed by atoms with van der Waals surface area (Å²) >= 11 is 1.56. The van der Waals surface area contributed by atoms with E-state index in [4.69, 9.17) is 10.5 Å². The summed E-state index contributed by atoms with van der Waals surface area (Å²) in [6, 6.07) is -1.48. The summed E-state index contributed by atoms with van der Waals surface area (Å²) in [7, 11) is 0. The molecule has 3 unspecified atom stereocenters. The van der Waals surface area contributed by atoms with E-state index in [0.29, 0.717) is 0 Å². The van der Waals surface area contributed by atoms with Gasteiger partial charge in [-0.15, -0.1) is 0 Å². The average molecular weight is 292 g/mol. The molecular weight excluding hydrogens is 268 g/mol. The predicted octanol–water partition coefficient (Wildman–Crippen LogP) is -0.116. The highest BCUT2D eigenvalue weighted by Crippen LogP contribution is 2.14. The Morgan fingerprint density at radius 2 is 1.95 bits per heavy atom. The van der Waals surface area contributed by atoms with Crippen molar-refractivity contribution < 1.29 is 19.4 Å². The first-order chi connectivity index (χ1) is 8.84. The third-order valence-electron chi connectivity index (χ3n) is 2.60. The Balaban J connectivity index is 4.37. The van der Waals surface area contributed by atoms with Gasteiger partial charge in [-0.25, -0.2) is 4.79 Å². The number of hydrogen-bond acceptors (Lipinski definition) is 6. The van der Waals surface area contributed by atoms with Crippen molar-refractivity contribution in [3.63, 3.8) is 0 Å². The number of ether oxygens (including phenoxy) is 1. The molecule has 112 valence electrons. The molecule has 0 rings (SSSR count). The van der Waals surface area contributed by atoms with Crippen molar-refractivity contribution in [2.24, 2.45) is 5.73 Å². The van der Waals surface area contributed by atoms with Gasteiger partial charge in [0.25, 0.3) is 5.91 Å². The quantitative estimate of drug-likeness (QED) is 0.539. The molecule has 1 amide bonds. The number of amides is 1. The van der Waals surface area contributed by atoms with Crippen molar-refractivity contribution in [1.29, 1.82) is 0 Å². The smallest absolute Gasteiger partial charge is 0.328 e. The first-order valence-electron chi connectivity index (χ1n) is 6.37. The number of carbonyl (C=O) groups excluding carboxylic acids is 2. The Labute approximate surface area is 118 Å². The van der Waals surface area contributed by atoms with Crippen molar-refractivity contribution in [3.8, 4) is 0 Å². The molecule has 0 radical (unpaired) electrons. The fourth-order valence-electron chi connectivity index (χ4n) is 1.43. The molecule has 4 N–H and O–H groups in total. The van der Waals surface area contributed by atoms with E-state index in [-0.39, 0.29) is 11.9 Å². The summed E-state index contributed by atoms with van der Waals surface area (Å²) in [5.74, 6) is -0.341. The van der Waals surface area contributed by atoms with Crippen LogP contribution in [0.5, 0.6) is 0 Å². The van der Waals surface area contributed by atoms with Crippen LogP contribution in [0.15, 0.2) is 0 Å². The fraction of sp³-hybridized carbons (Fsp3) is 0.833. The standard InChI is InChI=1S/C12H24N2O4S/c1-5-18-12(17)7(3)14-11(16)10(15)9(13)8(4)19-6-2/h7-10,15H,5-6,13H2,1-4H3,(H,14,16)/t7?,8-,9?,10?/m1/s1. The molecule has 0 saturated carbocycles. The number of hydrogen-bond donors (Lipinski definition) is 3. The average Bonchev–Trinajstić information content (AvgIpc) is 2.37. The van der Waals surface area contributed by atoms with Crippen LogP contribution < -0.4 is 11.1 Å². The van der Waals surface area contributed by atoms with Gasteiger partial charge < -0.3 is 20.9 Å². The van der Waals surface area contributed by atoms with Gasteiger partial charge in [-0.05, 0) is 19.6 Å². The number of nitrogens with two attached hydrogens (primary N) is 1. The van der Waals surface area contributed by atoms with Crippen LogP contribution in [0.3, 0.4) is 0 Å². The van der Waals surface area contributed by atoms with Crippen LogP contribution in [0.1, 0.15) is 27.7 Å². The van der Waals surface area contributed by atoms with Gasteiger partial charge in [0.2, 0.25) is 0 Å². The summed E-state index contributed by atoms with van der Waals surface area (Å²) in [5.41, 5.74) is 5.81. The molecule has 19 heavy (non-hydrogen) atoms. The third-order valence-corrected chi connectivity index (χ3v) is 3.78. The van der Waals surface area contributed by atoms with E-state index in [1.807, 2.05) is 13.8 Å². The van der Waals surface area contributed by atoms with Gasteiger partial charge in [0.1, 0.15) is 12.1 Å². The van der Waals surface area contributed by atoms with Crippen LogP contribution in [0.2, 0.25) is 0 Å². The number of rotatable bonds is 8. The molecule has 6 nitrogen and oxygen atoms in total. The van der Waals surface area contributed by atoms with E-state index < -0.39 is 30.1 Å². The van der Waals surface area contributed by atoms with Gasteiger partial charge in [-0.2, -0.15) is 11.8 Å². The van der Waals surface area contributed by atoms with E-state index in [9.17, 15) is 14.7 Å². The maximum atomic E-state index is 11.8. The maximum absolute atomic E-state index is 11.8. The minimum Gasteiger partial charge on any atom is -0.464 e. The number of esters is 1. The molecule has 4 atom stereocenters. The molecular formula is C12H24N2O4S. The number of nitrogens with one attached hydrogen (secondary N) is 1. The zero-order chi connectivity index (χ0) is 15.0. The lowest BCUT2D eigenvalue weighted by molar-refractivity contribution is -0.148. The molecule has 0 aliphatic rings. The van der Waals surface area contributed by atoms with Gasteiger partial charge >= 0.3 is 5.97 Å². The van der Waals surface area contributed by atoms with Gasteiger partial charge in [-0.1, -0.05) is 13.8 Å². The molecule has 0 aliphatic carbocycles. The zero-order valence-electron chi connectivity index (χ0n) is 11.9. The van der Waals surface area contributed by atoms with E-state index in [1.165, 1.54) is 6.92 Å². The number of aliphatic hydroxyl groups excluding tert-OH is 1. The van der Waals surface area contributed by atoms with Crippen molar-refractivity contribution in [1.82, 2.24) is 5.32 Å². The van der Waals surface area contributed by atoms with E-state index in [0.717, 1.165) is 5.75 Å². The molecule has 0 bridgehead atoms. The molecule has 7 heteroatoms. The van der Waals surface area contributed by atoms with Crippen LogP contribution >= 0.6 is 11.8 Å². The molecule has 0 fully saturated rings. The molecule has 0 aromatic carbocycles. The number of aliphatic hydroxyl groups is 1. The van der Waals surface area contributed by atoms with Gasteiger partial charge in [0.15, 0.2) is 0 Å². The second kappa shape index (κ2) is 9.17. The lowest BCUT2D eigenvalue weighted by Crippen LogP contribution is -2.53. The summed E-state index contributed by atoms with van der Waals surface area (Å²) < 4.78 is 4.76. The minimum atomic E-state index is -1.34. The topological polar surface area (TPSA) is 102 Å². The van der Waals surface area contributed by atoms with Crippen LogP contribution in [-0.2, 0) is 14.3 Å². The van der Waals surface area contributed by atoms with Crippen molar-refractivity contribution in [2.45, 2.75) is 51.1 Å². The van der Waals surface area contributed by atoms with Gasteiger partial charge in [0.05, 0.1) is 12.6 Å². The highest BCUT2D eigenvalue weighted by molar-refractivity contribution is 7.99. The fourth-order valence-corrected chi connectivity index (χ4v) is 2.33. The molecule has 0 aromatic rings. The van der Waals surface area contributed by atoms with Crippen LogP contribution in [0.25, 0.3) is 0 Å². The largest absolute Gasteiger partial charge is 0.464 e. The molecule has 0 spiro atoms. The van der Waals surface area contributed by atoms with E-state index >= 15 is 0 Å². The summed E-state index contributed by atoms with van der Waals surface area (Å²) in [4.78, 5) is 23.1. The molecule has 0 saturated heterocycles. The Bertz CT molecular complexity index is 301. The van der Waals surface area contributed by atoms with Gasteiger partial charge in [0, 0.05) is 5.25 Å². The predicted molar refractivity (Wildman–Crippen MR) is 75.8 cm³/mol. The normalized spacial score (nSPS) is 17.2. The van der Waals surface area contributed by atoms with Crippen molar-refractivity contribution in [3.05, 3.63) is 0 Å². The number of thioether (sulfide) groups is 1. The zero-order valence-corrected chi connectivity index (χ0v) is 12.7. The van der Waals surface area contributed by atoms with Crippen LogP contribution in [-0.4, -0.2) is 52.8 Å². The van der Waals surface area contributed by atoms with Crippen molar-refractivity contribution >= 4 is 23.6 Å². The summed E-state index contributed by atoms with van der Waals surface area (Å²) in [5, 5.41) is 12.2.